The van der Waals surface area contributed by atoms with Gasteiger partial charge in [-0.15, -0.1) is 11.8 Å². The number of nitrogens with zero attached hydrogens (tertiary/aromatic N) is 2. The van der Waals surface area contributed by atoms with E-state index in [0.717, 1.165) is 33.3 Å². The monoisotopic (exact) mass is 418 g/mol. The van der Waals surface area contributed by atoms with E-state index >= 15 is 0 Å². The number of hydrogen-bond acceptors (Lipinski definition) is 5. The summed E-state index contributed by atoms with van der Waals surface area (Å²) >= 11 is 4.87. The van der Waals surface area contributed by atoms with Crippen LogP contribution >= 0.6 is 34.9 Å². The Morgan fingerprint density at radius 3 is 2.70 bits per heavy atom. The molecule has 0 atom stereocenters. The van der Waals surface area contributed by atoms with Crippen LogP contribution in [0.4, 0.5) is 0 Å². The van der Waals surface area contributed by atoms with Gasteiger partial charge in [0.15, 0.2) is 4.80 Å². The van der Waals surface area contributed by atoms with Gasteiger partial charge in [-0.05, 0) is 55.1 Å². The normalized spacial score (nSPS) is 11.9. The molecule has 142 valence electrons. The number of rotatable bonds is 7. The zero-order valence-electron chi connectivity index (χ0n) is 15.6. The number of carbonyl (C=O) groups is 1. The molecule has 1 aromatic heterocycles. The molecule has 0 fully saturated rings. The maximum atomic E-state index is 12.5. The topological polar surface area (TPSA) is 43.6 Å². The highest BCUT2D eigenvalue weighted by molar-refractivity contribution is 8.00. The summed E-state index contributed by atoms with van der Waals surface area (Å²) in [6.45, 7) is 2.93. The Bertz CT molecular complexity index is 991. The van der Waals surface area contributed by atoms with Gasteiger partial charge in [0.2, 0.25) is 0 Å². The molecule has 0 aliphatic rings. The molecule has 0 radical (unpaired) electrons. The molecule has 2 aromatic carbocycles. The largest absolute Gasteiger partial charge is 0.497 e. The van der Waals surface area contributed by atoms with Gasteiger partial charge in [-0.3, -0.25) is 4.79 Å². The summed E-state index contributed by atoms with van der Waals surface area (Å²) in [7, 11) is 1.64. The molecule has 3 rings (SSSR count). The number of aryl methyl sites for hydroxylation is 2. The first kappa shape index (κ1) is 20.0. The van der Waals surface area contributed by atoms with Crippen LogP contribution in [-0.4, -0.2) is 35.3 Å². The smallest absolute Gasteiger partial charge is 0.258 e. The standard InChI is InChI=1S/C20H22N2O2S3/c1-14-4-9-17-18(12-14)27-20(22(17)10-11-25-3)21-19(23)13-26-16-7-5-15(24-2)6-8-16/h4-9,12H,10-11,13H2,1-3H3. The number of methoxy groups -OCH3 is 1. The molecule has 1 heterocycles. The van der Waals surface area contributed by atoms with Crippen LogP contribution in [0.3, 0.4) is 0 Å². The highest BCUT2D eigenvalue weighted by Crippen LogP contribution is 2.22. The number of carbonyl (C=O) groups excluding carboxylic acids is 1. The molecule has 0 aliphatic heterocycles. The van der Waals surface area contributed by atoms with Crippen molar-refractivity contribution in [1.29, 1.82) is 0 Å². The van der Waals surface area contributed by atoms with Crippen LogP contribution in [0.1, 0.15) is 5.56 Å². The van der Waals surface area contributed by atoms with Crippen LogP contribution in [0.15, 0.2) is 52.4 Å². The Hall–Kier alpha value is -1.70. The van der Waals surface area contributed by atoms with E-state index in [4.69, 9.17) is 4.74 Å². The van der Waals surface area contributed by atoms with Gasteiger partial charge in [0.05, 0.1) is 23.1 Å². The molecule has 0 saturated carbocycles. The van der Waals surface area contributed by atoms with Crippen molar-refractivity contribution in [3.05, 3.63) is 52.8 Å². The molecule has 0 unspecified atom stereocenters. The molecule has 0 aliphatic carbocycles. The first-order chi connectivity index (χ1) is 13.1. The van der Waals surface area contributed by atoms with E-state index in [-0.39, 0.29) is 5.91 Å². The summed E-state index contributed by atoms with van der Waals surface area (Å²) in [5.41, 5.74) is 2.36. The van der Waals surface area contributed by atoms with Crippen molar-refractivity contribution in [3.8, 4) is 5.75 Å². The average Bonchev–Trinajstić information content (AvgIpc) is 3.00. The highest BCUT2D eigenvalue weighted by Gasteiger charge is 2.09. The van der Waals surface area contributed by atoms with Crippen molar-refractivity contribution in [2.45, 2.75) is 18.4 Å². The summed E-state index contributed by atoms with van der Waals surface area (Å²) < 4.78 is 8.49. The second-order valence-corrected chi connectivity index (χ2v) is 9.01. The third-order valence-corrected chi connectivity index (χ3v) is 6.63. The quantitative estimate of drug-likeness (QED) is 0.526. The fourth-order valence-electron chi connectivity index (χ4n) is 2.62. The van der Waals surface area contributed by atoms with E-state index in [2.05, 4.69) is 40.9 Å². The van der Waals surface area contributed by atoms with Gasteiger partial charge in [-0.25, -0.2) is 0 Å². The molecule has 0 bridgehead atoms. The number of thiazole rings is 1. The minimum atomic E-state index is -0.114. The lowest BCUT2D eigenvalue weighted by Gasteiger charge is -2.04. The molecular weight excluding hydrogens is 396 g/mol. The molecule has 4 nitrogen and oxygen atoms in total. The Morgan fingerprint density at radius 2 is 2.00 bits per heavy atom. The van der Waals surface area contributed by atoms with Crippen LogP contribution in [0.5, 0.6) is 5.75 Å². The summed E-state index contributed by atoms with van der Waals surface area (Å²) in [4.78, 5) is 18.7. The second kappa shape index (κ2) is 9.48. The van der Waals surface area contributed by atoms with Crippen molar-refractivity contribution >= 4 is 51.0 Å². The fourth-order valence-corrected chi connectivity index (χ4v) is 4.84. The van der Waals surface area contributed by atoms with E-state index in [1.807, 2.05) is 24.3 Å². The minimum absolute atomic E-state index is 0.114. The van der Waals surface area contributed by atoms with Crippen LogP contribution < -0.4 is 9.54 Å². The summed E-state index contributed by atoms with van der Waals surface area (Å²) in [5.74, 6) is 2.01. The number of amides is 1. The highest BCUT2D eigenvalue weighted by atomic mass is 32.2. The van der Waals surface area contributed by atoms with Crippen molar-refractivity contribution < 1.29 is 9.53 Å². The SMILES string of the molecule is COc1ccc(SCC(=O)N=c2sc3cc(C)ccc3n2CCSC)cc1. The maximum absolute atomic E-state index is 12.5. The molecule has 0 spiro atoms. The van der Waals surface area contributed by atoms with Crippen LogP contribution in [0, 0.1) is 6.92 Å². The van der Waals surface area contributed by atoms with Crippen LogP contribution in [0.25, 0.3) is 10.2 Å². The van der Waals surface area contributed by atoms with Gasteiger partial charge in [-0.2, -0.15) is 16.8 Å². The minimum Gasteiger partial charge on any atom is -0.497 e. The van der Waals surface area contributed by atoms with E-state index in [1.165, 1.54) is 22.0 Å². The molecule has 1 amide bonds. The first-order valence-electron chi connectivity index (χ1n) is 8.54. The second-order valence-electron chi connectivity index (χ2n) is 5.97. The zero-order chi connectivity index (χ0) is 19.2. The molecule has 27 heavy (non-hydrogen) atoms. The lowest BCUT2D eigenvalue weighted by molar-refractivity contribution is -0.115. The molecule has 0 N–H and O–H groups in total. The summed E-state index contributed by atoms with van der Waals surface area (Å²) in [5, 5.41) is 0. The van der Waals surface area contributed by atoms with Crippen molar-refractivity contribution in [3.63, 3.8) is 0 Å². The van der Waals surface area contributed by atoms with E-state index in [9.17, 15) is 4.79 Å². The lowest BCUT2D eigenvalue weighted by Crippen LogP contribution is -2.18. The van der Waals surface area contributed by atoms with Crippen LogP contribution in [0.2, 0.25) is 0 Å². The third kappa shape index (κ3) is 5.18. The van der Waals surface area contributed by atoms with Gasteiger partial charge in [0.25, 0.3) is 5.91 Å². The number of aromatic nitrogens is 1. The molecular formula is C20H22N2O2S3. The summed E-state index contributed by atoms with van der Waals surface area (Å²) in [6.07, 6.45) is 2.09. The fraction of sp³-hybridized carbons (Fsp3) is 0.300. The van der Waals surface area contributed by atoms with E-state index in [1.54, 1.807) is 30.2 Å². The molecule has 7 heteroatoms. The van der Waals surface area contributed by atoms with Crippen molar-refractivity contribution in [2.75, 3.05) is 24.9 Å². The number of ether oxygens (including phenoxy) is 1. The number of benzene rings is 2. The maximum Gasteiger partial charge on any atom is 0.258 e. The van der Waals surface area contributed by atoms with Crippen LogP contribution in [-0.2, 0) is 11.3 Å². The van der Waals surface area contributed by atoms with Gasteiger partial charge >= 0.3 is 0 Å². The number of thioether (sulfide) groups is 2. The van der Waals surface area contributed by atoms with Gasteiger partial charge in [0, 0.05) is 17.2 Å². The predicted molar refractivity (Wildman–Crippen MR) is 117 cm³/mol. The van der Waals surface area contributed by atoms with Gasteiger partial charge in [0.1, 0.15) is 5.75 Å². The molecule has 0 saturated heterocycles. The average molecular weight is 419 g/mol. The van der Waals surface area contributed by atoms with Crippen molar-refractivity contribution in [1.82, 2.24) is 4.57 Å². The Balaban J connectivity index is 1.81. The zero-order valence-corrected chi connectivity index (χ0v) is 18.0. The third-order valence-electron chi connectivity index (χ3n) is 4.00. The predicted octanol–water partition coefficient (Wildman–Crippen LogP) is 4.60. The Labute approximate surface area is 171 Å². The Morgan fingerprint density at radius 1 is 1.22 bits per heavy atom. The first-order valence-corrected chi connectivity index (χ1v) is 11.7. The number of hydrogen-bond donors (Lipinski definition) is 0. The van der Waals surface area contributed by atoms with Crippen molar-refractivity contribution in [2.24, 2.45) is 4.99 Å². The van der Waals surface area contributed by atoms with Gasteiger partial charge in [-0.1, -0.05) is 17.4 Å². The molecule has 3 aromatic rings. The number of fused-ring (bicyclic) bond motifs is 1. The Kier molecular flexibility index (Phi) is 7.04. The van der Waals surface area contributed by atoms with E-state index < -0.39 is 0 Å². The lowest BCUT2D eigenvalue weighted by atomic mass is 10.2. The summed E-state index contributed by atoms with van der Waals surface area (Å²) in [6, 6.07) is 14.1. The van der Waals surface area contributed by atoms with E-state index in [0.29, 0.717) is 5.75 Å². The van der Waals surface area contributed by atoms with Gasteiger partial charge < -0.3 is 9.30 Å².